The van der Waals surface area contributed by atoms with Gasteiger partial charge in [-0.15, -0.1) is 0 Å². The molecule has 202 valence electrons. The fourth-order valence-corrected chi connectivity index (χ4v) is 5.23. The summed E-state index contributed by atoms with van der Waals surface area (Å²) in [5.41, 5.74) is 2.24. The molecular formula is C31H27ClFN5O2. The molecule has 0 amide bonds. The van der Waals surface area contributed by atoms with Gasteiger partial charge in [0.2, 0.25) is 0 Å². The number of ether oxygens (including phenoxy) is 1. The second-order valence-electron chi connectivity index (χ2n) is 9.99. The number of ketones is 1. The third-order valence-electron chi connectivity index (χ3n) is 7.21. The molecule has 5 aromatic rings. The van der Waals surface area contributed by atoms with Crippen LogP contribution in [0.2, 0.25) is 5.02 Å². The normalized spacial score (nSPS) is 13.9. The summed E-state index contributed by atoms with van der Waals surface area (Å²) in [7, 11) is 0. The van der Waals surface area contributed by atoms with E-state index >= 15 is 4.39 Å². The molecule has 1 fully saturated rings. The first-order valence-corrected chi connectivity index (χ1v) is 13.5. The quantitative estimate of drug-likeness (QED) is 0.200. The molecule has 1 saturated heterocycles. The molecule has 3 aromatic carbocycles. The molecule has 2 N–H and O–H groups in total. The van der Waals surface area contributed by atoms with Crippen molar-refractivity contribution in [1.29, 1.82) is 0 Å². The van der Waals surface area contributed by atoms with Crippen molar-refractivity contribution >= 4 is 45.6 Å². The maximum atomic E-state index is 15.1. The summed E-state index contributed by atoms with van der Waals surface area (Å²) in [5.74, 6) is 1.61. The van der Waals surface area contributed by atoms with Crippen molar-refractivity contribution in [3.05, 3.63) is 101 Å². The largest absolute Gasteiger partial charge is 0.457 e. The van der Waals surface area contributed by atoms with Crippen LogP contribution in [0.25, 0.3) is 11.0 Å². The number of carbonyl (C=O) groups excluding carboxylic acids is 1. The van der Waals surface area contributed by atoms with Crippen LogP contribution in [0.3, 0.4) is 0 Å². The van der Waals surface area contributed by atoms with Crippen molar-refractivity contribution in [2.75, 3.05) is 23.3 Å². The van der Waals surface area contributed by atoms with Gasteiger partial charge in [0, 0.05) is 36.6 Å². The summed E-state index contributed by atoms with van der Waals surface area (Å²) in [6, 6.07) is 19.3. The fraction of sp³-hybridized carbons (Fsp3) is 0.194. The Bertz CT molecular complexity index is 1680. The van der Waals surface area contributed by atoms with Gasteiger partial charge in [0.05, 0.1) is 21.7 Å². The first-order chi connectivity index (χ1) is 19.5. The molecule has 2 aromatic heterocycles. The number of benzene rings is 3. The Hall–Kier alpha value is -4.43. The van der Waals surface area contributed by atoms with Crippen LogP contribution in [-0.4, -0.2) is 33.8 Å². The van der Waals surface area contributed by atoms with Gasteiger partial charge < -0.3 is 19.9 Å². The number of aromatic nitrogens is 3. The van der Waals surface area contributed by atoms with E-state index in [4.69, 9.17) is 16.3 Å². The molecule has 0 saturated carbocycles. The second-order valence-corrected chi connectivity index (χ2v) is 10.4. The molecule has 0 aliphatic carbocycles. The Balaban J connectivity index is 1.26. The van der Waals surface area contributed by atoms with Gasteiger partial charge in [0.1, 0.15) is 35.1 Å². The third kappa shape index (κ3) is 5.22. The van der Waals surface area contributed by atoms with Crippen LogP contribution in [0.5, 0.6) is 11.5 Å². The SMILES string of the molecule is CC1CCN(c2ccc(Nc3ncnc4[nH]cc(C(=O)c5ccc(Oc6ccccc6)cc5Cl)c34)cc2F)CC1. The van der Waals surface area contributed by atoms with Crippen LogP contribution < -0.4 is 15.0 Å². The van der Waals surface area contributed by atoms with Crippen LogP contribution in [0, 0.1) is 11.7 Å². The smallest absolute Gasteiger partial charge is 0.196 e. The van der Waals surface area contributed by atoms with Crippen LogP contribution in [0.4, 0.5) is 21.6 Å². The van der Waals surface area contributed by atoms with Crippen LogP contribution in [0.15, 0.2) is 79.3 Å². The van der Waals surface area contributed by atoms with Gasteiger partial charge in [0.15, 0.2) is 5.78 Å². The maximum absolute atomic E-state index is 15.1. The molecule has 0 atom stereocenters. The van der Waals surface area contributed by atoms with Gasteiger partial charge >= 0.3 is 0 Å². The average Bonchev–Trinajstić information content (AvgIpc) is 3.40. The van der Waals surface area contributed by atoms with Gasteiger partial charge in [-0.3, -0.25) is 4.79 Å². The van der Waals surface area contributed by atoms with Crippen molar-refractivity contribution in [1.82, 2.24) is 15.0 Å². The minimum Gasteiger partial charge on any atom is -0.457 e. The van der Waals surface area contributed by atoms with E-state index < -0.39 is 0 Å². The molecule has 0 spiro atoms. The number of nitrogens with one attached hydrogen (secondary N) is 2. The zero-order chi connectivity index (χ0) is 27.6. The van der Waals surface area contributed by atoms with E-state index in [0.29, 0.717) is 56.8 Å². The van der Waals surface area contributed by atoms with Crippen molar-refractivity contribution in [3.63, 3.8) is 0 Å². The zero-order valence-corrected chi connectivity index (χ0v) is 22.6. The number of para-hydroxylation sites is 1. The number of carbonyl (C=O) groups is 1. The summed E-state index contributed by atoms with van der Waals surface area (Å²) in [6.45, 7) is 3.91. The summed E-state index contributed by atoms with van der Waals surface area (Å²) in [5, 5.41) is 3.92. The first kappa shape index (κ1) is 25.8. The molecule has 1 aliphatic rings. The van der Waals surface area contributed by atoms with E-state index in [1.165, 1.54) is 12.4 Å². The number of piperidine rings is 1. The molecule has 7 nitrogen and oxygen atoms in total. The second kappa shape index (κ2) is 11.0. The monoisotopic (exact) mass is 555 g/mol. The zero-order valence-electron chi connectivity index (χ0n) is 21.8. The molecule has 40 heavy (non-hydrogen) atoms. The molecule has 9 heteroatoms. The number of fused-ring (bicyclic) bond motifs is 1. The number of nitrogens with zero attached hydrogens (tertiary/aromatic N) is 3. The van der Waals surface area contributed by atoms with E-state index in [2.05, 4.69) is 32.1 Å². The number of anilines is 3. The fourth-order valence-electron chi connectivity index (χ4n) is 4.98. The molecule has 6 rings (SSSR count). The van der Waals surface area contributed by atoms with Gasteiger partial charge in [-0.25, -0.2) is 14.4 Å². The average molecular weight is 556 g/mol. The van der Waals surface area contributed by atoms with E-state index in [9.17, 15) is 4.79 Å². The highest BCUT2D eigenvalue weighted by atomic mass is 35.5. The highest BCUT2D eigenvalue weighted by molar-refractivity contribution is 6.35. The van der Waals surface area contributed by atoms with Crippen LogP contribution in [-0.2, 0) is 0 Å². The van der Waals surface area contributed by atoms with Gasteiger partial charge in [-0.05, 0) is 61.2 Å². The topological polar surface area (TPSA) is 83.1 Å². The van der Waals surface area contributed by atoms with Gasteiger partial charge in [0.25, 0.3) is 0 Å². The van der Waals surface area contributed by atoms with Gasteiger partial charge in [-0.2, -0.15) is 0 Å². The molecule has 0 unspecified atom stereocenters. The first-order valence-electron chi connectivity index (χ1n) is 13.2. The minimum absolute atomic E-state index is 0.254. The van der Waals surface area contributed by atoms with Gasteiger partial charge in [-0.1, -0.05) is 36.7 Å². The summed E-state index contributed by atoms with van der Waals surface area (Å²) < 4.78 is 21.0. The molecule has 1 aliphatic heterocycles. The van der Waals surface area contributed by atoms with Crippen molar-refractivity contribution in [2.24, 2.45) is 5.92 Å². The molecular weight excluding hydrogens is 529 g/mol. The standard InChI is InChI=1S/C31H27ClFN5O2/c1-19-11-13-38(14-12-19)27-10-7-20(15-26(27)33)37-31-28-24(17-34-30(28)35-18-36-31)29(39)23-9-8-22(16-25(23)32)40-21-5-3-2-4-6-21/h2-10,15-19H,11-14H2,1H3,(H2,34,35,36,37). The summed E-state index contributed by atoms with van der Waals surface area (Å²) in [6.07, 6.45) is 5.07. The maximum Gasteiger partial charge on any atom is 0.196 e. The number of H-pyrrole nitrogens is 1. The highest BCUT2D eigenvalue weighted by Crippen LogP contribution is 2.33. The van der Waals surface area contributed by atoms with E-state index in [1.54, 1.807) is 30.5 Å². The Morgan fingerprint density at radius 2 is 1.82 bits per heavy atom. The molecule has 0 bridgehead atoms. The summed E-state index contributed by atoms with van der Waals surface area (Å²) in [4.78, 5) is 27.4. The lowest BCUT2D eigenvalue weighted by Gasteiger charge is -2.32. The Kier molecular flexibility index (Phi) is 7.09. The minimum atomic E-state index is -0.306. The van der Waals surface area contributed by atoms with Crippen molar-refractivity contribution in [3.8, 4) is 11.5 Å². The third-order valence-corrected chi connectivity index (χ3v) is 7.53. The lowest BCUT2D eigenvalue weighted by Crippen LogP contribution is -2.33. The number of halogens is 2. The van der Waals surface area contributed by atoms with Crippen molar-refractivity contribution < 1.29 is 13.9 Å². The highest BCUT2D eigenvalue weighted by Gasteiger charge is 2.22. The number of hydrogen-bond donors (Lipinski definition) is 2. The van der Waals surface area contributed by atoms with E-state index in [-0.39, 0.29) is 16.6 Å². The Morgan fingerprint density at radius 1 is 1.02 bits per heavy atom. The Labute approximate surface area is 236 Å². The van der Waals surface area contributed by atoms with Crippen LogP contribution in [0.1, 0.15) is 35.7 Å². The van der Waals surface area contributed by atoms with Crippen molar-refractivity contribution in [2.45, 2.75) is 19.8 Å². The number of aromatic amines is 1. The van der Waals surface area contributed by atoms with Crippen LogP contribution >= 0.6 is 11.6 Å². The molecule has 3 heterocycles. The lowest BCUT2D eigenvalue weighted by molar-refractivity contribution is 0.104. The predicted molar refractivity (Wildman–Crippen MR) is 156 cm³/mol. The summed E-state index contributed by atoms with van der Waals surface area (Å²) >= 11 is 6.53. The Morgan fingerprint density at radius 3 is 2.58 bits per heavy atom. The van der Waals surface area contributed by atoms with E-state index in [0.717, 1.165) is 25.9 Å². The number of hydrogen-bond acceptors (Lipinski definition) is 6. The number of rotatable bonds is 7. The lowest BCUT2D eigenvalue weighted by atomic mass is 9.99. The molecule has 0 radical (unpaired) electrons. The predicted octanol–water partition coefficient (Wildman–Crippen LogP) is 7.75. The van der Waals surface area contributed by atoms with E-state index in [1.807, 2.05) is 36.4 Å².